The molecule has 4 nitrogen and oxygen atoms in total. The summed E-state index contributed by atoms with van der Waals surface area (Å²) in [6, 6.07) is 4.04. The number of aromatic nitrogens is 1. The number of carbonyl (C=O) groups is 1. The van der Waals surface area contributed by atoms with E-state index in [2.05, 4.69) is 31.8 Å². The van der Waals surface area contributed by atoms with Gasteiger partial charge in [-0.05, 0) is 24.5 Å². The topological polar surface area (TPSA) is 46.3 Å². The molecule has 0 aromatic carbocycles. The van der Waals surface area contributed by atoms with Gasteiger partial charge in [0.25, 0.3) is 0 Å². The van der Waals surface area contributed by atoms with E-state index in [9.17, 15) is 4.79 Å². The smallest absolute Gasteiger partial charge is 0.228 e. The fourth-order valence-corrected chi connectivity index (χ4v) is 3.51. The SMILES string of the molecule is CC(C)c1nc(CC(=O)N(C)Cc2ccc([C@H]3C[C@H]3C)o2)cs1. The highest BCUT2D eigenvalue weighted by Gasteiger charge is 2.36. The van der Waals surface area contributed by atoms with Crippen molar-refractivity contribution in [3.05, 3.63) is 39.7 Å². The molecule has 3 rings (SSSR count). The van der Waals surface area contributed by atoms with Gasteiger partial charge in [-0.2, -0.15) is 0 Å². The van der Waals surface area contributed by atoms with Crippen LogP contribution in [0.3, 0.4) is 0 Å². The first kappa shape index (κ1) is 16.2. The molecule has 1 aliphatic rings. The Morgan fingerprint density at radius 3 is 2.83 bits per heavy atom. The van der Waals surface area contributed by atoms with Gasteiger partial charge in [0.05, 0.1) is 23.7 Å². The average Bonchev–Trinajstić information content (AvgIpc) is 2.93. The maximum Gasteiger partial charge on any atom is 0.228 e. The second kappa shape index (κ2) is 6.48. The van der Waals surface area contributed by atoms with Crippen molar-refractivity contribution < 1.29 is 9.21 Å². The van der Waals surface area contributed by atoms with E-state index in [-0.39, 0.29) is 5.91 Å². The highest BCUT2D eigenvalue weighted by atomic mass is 32.1. The molecule has 0 unspecified atom stereocenters. The summed E-state index contributed by atoms with van der Waals surface area (Å²) in [5.41, 5.74) is 0.863. The maximum atomic E-state index is 12.3. The minimum absolute atomic E-state index is 0.0725. The van der Waals surface area contributed by atoms with E-state index in [1.165, 1.54) is 6.42 Å². The number of carbonyl (C=O) groups excluding carboxylic acids is 1. The molecule has 2 atom stereocenters. The summed E-state index contributed by atoms with van der Waals surface area (Å²) in [6.07, 6.45) is 1.57. The van der Waals surface area contributed by atoms with E-state index in [1.54, 1.807) is 16.2 Å². The molecule has 23 heavy (non-hydrogen) atoms. The summed E-state index contributed by atoms with van der Waals surface area (Å²) in [5.74, 6) is 3.71. The lowest BCUT2D eigenvalue weighted by Crippen LogP contribution is -2.27. The standard InChI is InChI=1S/C18H24N2O2S/c1-11(2)18-19-13(10-23-18)8-17(21)20(4)9-14-5-6-16(22-14)15-7-12(15)3/h5-6,10-12,15H,7-9H2,1-4H3/t12-,15+/m1/s1. The summed E-state index contributed by atoms with van der Waals surface area (Å²) in [4.78, 5) is 18.6. The van der Waals surface area contributed by atoms with E-state index >= 15 is 0 Å². The summed E-state index contributed by atoms with van der Waals surface area (Å²) in [7, 11) is 1.82. The molecule has 0 saturated heterocycles. The fraction of sp³-hybridized carbons (Fsp3) is 0.556. The second-order valence-electron chi connectivity index (χ2n) is 6.88. The lowest BCUT2D eigenvalue weighted by molar-refractivity contribution is -0.130. The van der Waals surface area contributed by atoms with Crippen molar-refractivity contribution in [2.75, 3.05) is 7.05 Å². The van der Waals surface area contributed by atoms with Gasteiger partial charge < -0.3 is 9.32 Å². The van der Waals surface area contributed by atoms with Crippen LogP contribution >= 0.6 is 11.3 Å². The Labute approximate surface area is 141 Å². The minimum Gasteiger partial charge on any atom is -0.464 e. The monoisotopic (exact) mass is 332 g/mol. The largest absolute Gasteiger partial charge is 0.464 e. The van der Waals surface area contributed by atoms with Crippen LogP contribution in [-0.2, 0) is 17.8 Å². The quantitative estimate of drug-likeness (QED) is 0.797. The lowest BCUT2D eigenvalue weighted by Gasteiger charge is -2.15. The molecule has 1 saturated carbocycles. The minimum atomic E-state index is 0.0725. The van der Waals surface area contributed by atoms with Gasteiger partial charge in [0.1, 0.15) is 11.5 Å². The van der Waals surface area contributed by atoms with Crippen molar-refractivity contribution in [2.45, 2.75) is 52.0 Å². The van der Waals surface area contributed by atoms with Crippen LogP contribution in [0, 0.1) is 5.92 Å². The second-order valence-corrected chi connectivity index (χ2v) is 7.77. The average molecular weight is 332 g/mol. The zero-order valence-corrected chi connectivity index (χ0v) is 15.0. The van der Waals surface area contributed by atoms with Crippen LogP contribution in [-0.4, -0.2) is 22.8 Å². The van der Waals surface area contributed by atoms with E-state index in [0.29, 0.717) is 24.8 Å². The molecule has 2 aromatic rings. The molecular weight excluding hydrogens is 308 g/mol. The number of nitrogens with zero attached hydrogens (tertiary/aromatic N) is 2. The van der Waals surface area contributed by atoms with Gasteiger partial charge in [-0.15, -0.1) is 11.3 Å². The molecule has 0 radical (unpaired) electrons. The Balaban J connectivity index is 1.55. The van der Waals surface area contributed by atoms with Crippen molar-refractivity contribution in [3.8, 4) is 0 Å². The highest BCUT2D eigenvalue weighted by Crippen LogP contribution is 2.47. The molecule has 2 heterocycles. The van der Waals surface area contributed by atoms with Gasteiger partial charge in [-0.1, -0.05) is 20.8 Å². The Morgan fingerprint density at radius 2 is 2.22 bits per heavy atom. The van der Waals surface area contributed by atoms with Crippen LogP contribution in [0.1, 0.15) is 61.2 Å². The zero-order valence-electron chi connectivity index (χ0n) is 14.2. The number of hydrogen-bond acceptors (Lipinski definition) is 4. The third kappa shape index (κ3) is 3.83. The highest BCUT2D eigenvalue weighted by molar-refractivity contribution is 7.09. The van der Waals surface area contributed by atoms with Crippen LogP contribution in [0.4, 0.5) is 0 Å². The Morgan fingerprint density at radius 1 is 1.48 bits per heavy atom. The molecule has 5 heteroatoms. The van der Waals surface area contributed by atoms with E-state index in [0.717, 1.165) is 28.1 Å². The zero-order chi connectivity index (χ0) is 16.6. The first-order chi connectivity index (χ1) is 10.9. The third-order valence-electron chi connectivity index (χ3n) is 4.37. The summed E-state index contributed by atoms with van der Waals surface area (Å²) in [6.45, 7) is 6.99. The van der Waals surface area contributed by atoms with Crippen molar-refractivity contribution in [1.29, 1.82) is 0 Å². The molecule has 124 valence electrons. The molecule has 0 bridgehead atoms. The molecule has 1 amide bonds. The van der Waals surface area contributed by atoms with Gasteiger partial charge in [0.2, 0.25) is 5.91 Å². The van der Waals surface area contributed by atoms with Gasteiger partial charge in [0, 0.05) is 24.3 Å². The van der Waals surface area contributed by atoms with E-state index in [1.807, 2.05) is 18.5 Å². The number of furan rings is 1. The van der Waals surface area contributed by atoms with Gasteiger partial charge >= 0.3 is 0 Å². The van der Waals surface area contributed by atoms with Crippen LogP contribution < -0.4 is 0 Å². The summed E-state index contributed by atoms with van der Waals surface area (Å²) < 4.78 is 5.88. The van der Waals surface area contributed by atoms with Gasteiger partial charge in [-0.25, -0.2) is 4.98 Å². The molecule has 0 aliphatic heterocycles. The molecule has 1 aliphatic carbocycles. The number of likely N-dealkylation sites (N-methyl/N-ethyl adjacent to an activating group) is 1. The fourth-order valence-electron chi connectivity index (χ4n) is 2.68. The van der Waals surface area contributed by atoms with Crippen molar-refractivity contribution in [2.24, 2.45) is 5.92 Å². The Kier molecular flexibility index (Phi) is 4.57. The first-order valence-corrected chi connectivity index (χ1v) is 9.09. The predicted octanol–water partition coefficient (Wildman–Crippen LogP) is 4.18. The first-order valence-electron chi connectivity index (χ1n) is 8.21. The van der Waals surface area contributed by atoms with Crippen LogP contribution in [0.5, 0.6) is 0 Å². The molecule has 2 aromatic heterocycles. The molecular formula is C18H24N2O2S. The third-order valence-corrected chi connectivity index (χ3v) is 5.57. The number of hydrogen-bond donors (Lipinski definition) is 0. The van der Waals surface area contributed by atoms with Crippen LogP contribution in [0.25, 0.3) is 0 Å². The van der Waals surface area contributed by atoms with Gasteiger partial charge in [0.15, 0.2) is 0 Å². The van der Waals surface area contributed by atoms with Crippen molar-refractivity contribution >= 4 is 17.2 Å². The van der Waals surface area contributed by atoms with E-state index in [4.69, 9.17) is 4.42 Å². The summed E-state index contributed by atoms with van der Waals surface area (Å²) >= 11 is 1.63. The molecule has 0 N–H and O–H groups in total. The molecule has 1 fully saturated rings. The lowest BCUT2D eigenvalue weighted by atomic mass is 10.2. The van der Waals surface area contributed by atoms with Crippen molar-refractivity contribution in [3.63, 3.8) is 0 Å². The predicted molar refractivity (Wildman–Crippen MR) is 91.6 cm³/mol. The number of thiazole rings is 1. The van der Waals surface area contributed by atoms with Crippen LogP contribution in [0.2, 0.25) is 0 Å². The number of amides is 1. The van der Waals surface area contributed by atoms with E-state index < -0.39 is 0 Å². The molecule has 0 spiro atoms. The summed E-state index contributed by atoms with van der Waals surface area (Å²) in [5, 5.41) is 3.07. The normalized spacial score (nSPS) is 20.0. The Hall–Kier alpha value is -1.62. The number of rotatable bonds is 6. The Bertz CT molecular complexity index is 689. The van der Waals surface area contributed by atoms with Gasteiger partial charge in [-0.3, -0.25) is 4.79 Å². The van der Waals surface area contributed by atoms with Crippen LogP contribution in [0.15, 0.2) is 21.9 Å². The van der Waals surface area contributed by atoms with Crippen molar-refractivity contribution in [1.82, 2.24) is 9.88 Å². The maximum absolute atomic E-state index is 12.3.